The molecule has 0 saturated carbocycles. The molecule has 0 spiro atoms. The van der Waals surface area contributed by atoms with Crippen LogP contribution in [0.1, 0.15) is 0 Å². The van der Waals surface area contributed by atoms with E-state index in [-0.39, 0.29) is 0 Å². The number of rotatable bonds is 4. The van der Waals surface area contributed by atoms with Gasteiger partial charge < -0.3 is 4.74 Å². The molecule has 0 radical (unpaired) electrons. The van der Waals surface area contributed by atoms with Gasteiger partial charge in [0.05, 0.1) is 17.9 Å². The Morgan fingerprint density at radius 1 is 0.484 bits per heavy atom. The van der Waals surface area contributed by atoms with Crippen molar-refractivity contribution < 1.29 is 4.74 Å². The molecule has 0 heterocycles. The molecule has 0 unspecified atom stereocenters. The second-order valence-electron chi connectivity index (χ2n) is 6.60. The summed E-state index contributed by atoms with van der Waals surface area (Å²) < 4.78 is 12.0. The summed E-state index contributed by atoms with van der Waals surface area (Å²) in [6, 6.07) is 24.5. The zero-order chi connectivity index (χ0) is 22.1. The van der Waals surface area contributed by atoms with Crippen LogP contribution in [0.25, 0.3) is 22.3 Å². The van der Waals surface area contributed by atoms with Crippen LogP contribution in [0.5, 0.6) is 11.5 Å². The molecule has 0 aliphatic rings. The lowest BCUT2D eigenvalue weighted by Crippen LogP contribution is -1.93. The first kappa shape index (κ1) is 23.7. The maximum atomic E-state index is 6.48. The van der Waals surface area contributed by atoms with Gasteiger partial charge in [0.15, 0.2) is 11.5 Å². The predicted octanol–water partition coefficient (Wildman–Crippen LogP) is 11.4. The lowest BCUT2D eigenvalue weighted by atomic mass is 10.1. The summed E-state index contributed by atoms with van der Waals surface area (Å²) in [5, 5.41) is 0. The van der Waals surface area contributed by atoms with Gasteiger partial charge in [-0.3, -0.25) is 0 Å². The van der Waals surface area contributed by atoms with E-state index in [0.717, 1.165) is 49.1 Å². The quantitative estimate of drug-likeness (QED) is 0.200. The lowest BCUT2D eigenvalue weighted by Gasteiger charge is -2.17. The summed E-state index contributed by atoms with van der Waals surface area (Å²) in [6.45, 7) is 0. The third kappa shape index (κ3) is 5.22. The van der Waals surface area contributed by atoms with Crippen molar-refractivity contribution in [1.29, 1.82) is 0 Å². The van der Waals surface area contributed by atoms with Crippen LogP contribution >= 0.6 is 95.6 Å². The maximum absolute atomic E-state index is 6.48. The molecule has 0 N–H and O–H groups in total. The molecule has 0 aliphatic heterocycles. The van der Waals surface area contributed by atoms with E-state index in [1.54, 1.807) is 0 Å². The molecule has 0 atom stereocenters. The largest absolute Gasteiger partial charge is 0.453 e. The normalized spacial score (nSPS) is 10.9. The minimum absolute atomic E-state index is 0.699. The number of benzene rings is 4. The van der Waals surface area contributed by atoms with Gasteiger partial charge >= 0.3 is 0 Å². The van der Waals surface area contributed by atoms with Crippen LogP contribution in [0, 0.1) is 0 Å². The van der Waals surface area contributed by atoms with Crippen molar-refractivity contribution in [2.75, 3.05) is 0 Å². The van der Waals surface area contributed by atoms with E-state index in [4.69, 9.17) is 4.74 Å². The van der Waals surface area contributed by atoms with E-state index >= 15 is 0 Å². The first-order valence-corrected chi connectivity index (χ1v) is 13.8. The second-order valence-corrected chi connectivity index (χ2v) is 11.7. The average Bonchev–Trinajstić information content (AvgIpc) is 2.73. The van der Waals surface area contributed by atoms with Crippen LogP contribution < -0.4 is 4.74 Å². The van der Waals surface area contributed by atoms with Crippen LogP contribution in [0.4, 0.5) is 0 Å². The zero-order valence-electron chi connectivity index (χ0n) is 15.6. The van der Waals surface area contributed by atoms with Gasteiger partial charge in [-0.25, -0.2) is 0 Å². The standard InChI is InChI=1S/C24H12Br6O/c25-15-5-1-3-13(11-15)17-7-9-19(27)23(21(17)29)31-24-20(28)10-8-18(22(24)30)14-4-2-6-16(26)12-14/h1-12H. The Balaban J connectivity index is 1.81. The van der Waals surface area contributed by atoms with Crippen LogP contribution in [0.2, 0.25) is 0 Å². The Morgan fingerprint density at radius 3 is 1.29 bits per heavy atom. The van der Waals surface area contributed by atoms with Gasteiger partial charge in [0.1, 0.15) is 0 Å². The highest BCUT2D eigenvalue weighted by Gasteiger charge is 2.19. The summed E-state index contributed by atoms with van der Waals surface area (Å²) in [7, 11) is 0. The SMILES string of the molecule is Brc1cccc(-c2ccc(Br)c(Oc3c(Br)ccc(-c4cccc(Br)c4)c3Br)c2Br)c1. The molecule has 4 aromatic carbocycles. The van der Waals surface area contributed by atoms with Gasteiger partial charge in [0, 0.05) is 8.95 Å². The van der Waals surface area contributed by atoms with Crippen LogP contribution in [0.3, 0.4) is 0 Å². The van der Waals surface area contributed by atoms with Crippen LogP contribution in [-0.2, 0) is 0 Å². The number of hydrogen-bond acceptors (Lipinski definition) is 1. The highest BCUT2D eigenvalue weighted by atomic mass is 79.9. The first-order valence-electron chi connectivity index (χ1n) is 9.01. The van der Waals surface area contributed by atoms with Crippen molar-refractivity contribution >= 4 is 95.6 Å². The van der Waals surface area contributed by atoms with Gasteiger partial charge in [-0.15, -0.1) is 0 Å². The van der Waals surface area contributed by atoms with Crippen molar-refractivity contribution in [3.63, 3.8) is 0 Å². The summed E-state index contributed by atoms with van der Waals surface area (Å²) in [4.78, 5) is 0. The summed E-state index contributed by atoms with van der Waals surface area (Å²) in [5.74, 6) is 1.40. The number of halogens is 6. The summed E-state index contributed by atoms with van der Waals surface area (Å²) >= 11 is 21.9. The summed E-state index contributed by atoms with van der Waals surface area (Å²) in [6.07, 6.45) is 0. The first-order chi connectivity index (χ1) is 14.8. The molecule has 4 rings (SSSR count). The predicted molar refractivity (Wildman–Crippen MR) is 150 cm³/mol. The highest BCUT2D eigenvalue weighted by molar-refractivity contribution is 9.11. The molecule has 0 saturated heterocycles. The fraction of sp³-hybridized carbons (Fsp3) is 0. The topological polar surface area (TPSA) is 9.23 Å². The molecular weight excluding hydrogens is 784 g/mol. The Kier molecular flexibility index (Phi) is 7.82. The minimum atomic E-state index is 0.699. The van der Waals surface area contributed by atoms with Gasteiger partial charge in [0.2, 0.25) is 0 Å². The molecule has 0 fully saturated rings. The van der Waals surface area contributed by atoms with Crippen molar-refractivity contribution in [3.8, 4) is 33.8 Å². The molecule has 1 nitrogen and oxygen atoms in total. The van der Waals surface area contributed by atoms with Crippen molar-refractivity contribution in [2.45, 2.75) is 0 Å². The Hall–Kier alpha value is -0.440. The molecule has 0 aliphatic carbocycles. The van der Waals surface area contributed by atoms with E-state index in [0.29, 0.717) is 11.5 Å². The van der Waals surface area contributed by atoms with Gasteiger partial charge in [0.25, 0.3) is 0 Å². The van der Waals surface area contributed by atoms with Crippen LogP contribution in [-0.4, -0.2) is 0 Å². The van der Waals surface area contributed by atoms with E-state index in [2.05, 4.69) is 132 Å². The number of ether oxygens (including phenoxy) is 1. The fourth-order valence-corrected chi connectivity index (χ4v) is 6.58. The molecular formula is C24H12Br6O. The molecule has 31 heavy (non-hydrogen) atoms. The molecule has 0 amide bonds. The van der Waals surface area contributed by atoms with Crippen molar-refractivity contribution in [2.24, 2.45) is 0 Å². The minimum Gasteiger partial charge on any atom is -0.453 e. The molecule has 4 aromatic rings. The van der Waals surface area contributed by atoms with Crippen LogP contribution in [0.15, 0.2) is 99.6 Å². The lowest BCUT2D eigenvalue weighted by molar-refractivity contribution is 0.471. The average molecular weight is 796 g/mol. The Labute approximate surface area is 231 Å². The summed E-state index contributed by atoms with van der Waals surface area (Å²) in [5.41, 5.74) is 4.24. The van der Waals surface area contributed by atoms with Gasteiger partial charge in [-0.2, -0.15) is 0 Å². The molecule has 7 heteroatoms. The maximum Gasteiger partial charge on any atom is 0.156 e. The van der Waals surface area contributed by atoms with Gasteiger partial charge in [-0.1, -0.05) is 68.3 Å². The highest BCUT2D eigenvalue weighted by Crippen LogP contribution is 2.48. The molecule has 0 aromatic heterocycles. The third-order valence-corrected chi connectivity index (χ3v) is 8.38. The smallest absolute Gasteiger partial charge is 0.156 e. The van der Waals surface area contributed by atoms with Crippen molar-refractivity contribution in [3.05, 3.63) is 99.6 Å². The van der Waals surface area contributed by atoms with E-state index in [9.17, 15) is 0 Å². The zero-order valence-corrected chi connectivity index (χ0v) is 25.1. The van der Waals surface area contributed by atoms with Gasteiger partial charge in [-0.05, 0) is 122 Å². The monoisotopic (exact) mass is 790 g/mol. The number of hydrogen-bond donors (Lipinski definition) is 0. The second kappa shape index (κ2) is 10.2. The van der Waals surface area contributed by atoms with E-state index in [1.165, 1.54) is 0 Å². The van der Waals surface area contributed by atoms with E-state index in [1.807, 2.05) is 36.4 Å². The fourth-order valence-electron chi connectivity index (χ4n) is 3.11. The third-order valence-electron chi connectivity index (χ3n) is 4.57. The Morgan fingerprint density at radius 2 is 0.903 bits per heavy atom. The van der Waals surface area contributed by atoms with Crippen molar-refractivity contribution in [1.82, 2.24) is 0 Å². The Bertz CT molecular complexity index is 1190. The van der Waals surface area contributed by atoms with E-state index < -0.39 is 0 Å². The molecule has 156 valence electrons. The molecule has 0 bridgehead atoms.